The number of imidazole rings is 1. The molecule has 0 bridgehead atoms. The van der Waals surface area contributed by atoms with Crippen molar-refractivity contribution in [1.82, 2.24) is 29.0 Å². The number of anilines is 1. The molecule has 1 fully saturated rings. The van der Waals surface area contributed by atoms with Crippen LogP contribution in [0.4, 0.5) is 5.82 Å². The first kappa shape index (κ1) is 17.0. The zero-order valence-corrected chi connectivity index (χ0v) is 15.9. The highest BCUT2D eigenvalue weighted by Gasteiger charge is 2.21. The summed E-state index contributed by atoms with van der Waals surface area (Å²) in [5, 5.41) is 4.74. The lowest BCUT2D eigenvalue weighted by atomic mass is 10.2. The Kier molecular flexibility index (Phi) is 4.63. The van der Waals surface area contributed by atoms with E-state index in [4.69, 9.17) is 10.1 Å². The van der Waals surface area contributed by atoms with Crippen molar-refractivity contribution in [3.63, 3.8) is 0 Å². The van der Waals surface area contributed by atoms with Gasteiger partial charge in [0.1, 0.15) is 5.82 Å². The molecule has 4 heterocycles. The van der Waals surface area contributed by atoms with Gasteiger partial charge in [0.2, 0.25) is 0 Å². The Morgan fingerprint density at radius 3 is 2.58 bits per heavy atom. The largest absolute Gasteiger partial charge is 0.354 e. The van der Waals surface area contributed by atoms with E-state index in [9.17, 15) is 0 Å². The molecule has 3 aromatic heterocycles. The van der Waals surface area contributed by atoms with E-state index in [1.54, 1.807) is 0 Å². The van der Waals surface area contributed by atoms with Crippen molar-refractivity contribution in [2.75, 3.05) is 37.6 Å². The van der Waals surface area contributed by atoms with Gasteiger partial charge in [0.15, 0.2) is 5.65 Å². The number of aromatic nitrogens is 5. The molecule has 1 saturated heterocycles. The van der Waals surface area contributed by atoms with Gasteiger partial charge in [0.05, 0.1) is 12.0 Å². The third-order valence-electron chi connectivity index (χ3n) is 5.38. The summed E-state index contributed by atoms with van der Waals surface area (Å²) in [5.74, 6) is 1.18. The maximum atomic E-state index is 4.80. The molecule has 0 spiro atoms. The molecule has 138 valence electrons. The van der Waals surface area contributed by atoms with Gasteiger partial charge in [-0.15, -0.1) is 0 Å². The molecule has 1 aliphatic rings. The number of hydrogen-bond acceptors (Lipinski definition) is 5. The number of nitrogens with zero attached hydrogens (tertiary/aromatic N) is 7. The summed E-state index contributed by atoms with van der Waals surface area (Å²) in [7, 11) is 0. The molecule has 0 aromatic carbocycles. The minimum atomic E-state index is 0.942. The minimum absolute atomic E-state index is 0.942. The summed E-state index contributed by atoms with van der Waals surface area (Å²) in [6.07, 6.45) is 6.70. The molecule has 4 rings (SSSR count). The molecule has 0 unspecified atom stereocenters. The van der Waals surface area contributed by atoms with Gasteiger partial charge in [-0.2, -0.15) is 9.61 Å². The first-order valence-electron chi connectivity index (χ1n) is 9.44. The lowest BCUT2D eigenvalue weighted by molar-refractivity contribution is 0.247. The molecule has 26 heavy (non-hydrogen) atoms. The molecule has 0 atom stereocenters. The Labute approximate surface area is 154 Å². The standard InChI is InChI=1S/C19H27N7/c1-4-17-13-18(26-19(21-17)15(2)16(3)22-26)25-11-9-23(10-12-25)7-8-24-6-5-20-14-24/h5-6,13-14H,4,7-12H2,1-3H3. The fourth-order valence-electron chi connectivity index (χ4n) is 3.55. The van der Waals surface area contributed by atoms with E-state index in [2.05, 4.69) is 46.2 Å². The van der Waals surface area contributed by atoms with E-state index in [-0.39, 0.29) is 0 Å². The SMILES string of the molecule is CCc1cc(N2CCN(CCn3ccnc3)CC2)n2nc(C)c(C)c2n1. The summed E-state index contributed by atoms with van der Waals surface area (Å²) in [6.45, 7) is 12.6. The summed E-state index contributed by atoms with van der Waals surface area (Å²) in [4.78, 5) is 13.9. The van der Waals surface area contributed by atoms with Crippen molar-refractivity contribution in [3.05, 3.63) is 41.7 Å². The zero-order valence-electron chi connectivity index (χ0n) is 15.9. The second kappa shape index (κ2) is 7.07. The second-order valence-electron chi connectivity index (χ2n) is 7.03. The van der Waals surface area contributed by atoms with Gasteiger partial charge < -0.3 is 9.47 Å². The summed E-state index contributed by atoms with van der Waals surface area (Å²) < 4.78 is 4.17. The van der Waals surface area contributed by atoms with Crippen molar-refractivity contribution < 1.29 is 0 Å². The summed E-state index contributed by atoms with van der Waals surface area (Å²) in [6, 6.07) is 2.21. The van der Waals surface area contributed by atoms with Crippen LogP contribution in [0.5, 0.6) is 0 Å². The average molecular weight is 353 g/mol. The van der Waals surface area contributed by atoms with Crippen LogP contribution in [0.3, 0.4) is 0 Å². The third kappa shape index (κ3) is 3.19. The van der Waals surface area contributed by atoms with E-state index in [0.29, 0.717) is 0 Å². The van der Waals surface area contributed by atoms with Crippen LogP contribution in [-0.4, -0.2) is 61.8 Å². The fourth-order valence-corrected chi connectivity index (χ4v) is 3.55. The van der Waals surface area contributed by atoms with Crippen LogP contribution in [0.15, 0.2) is 24.8 Å². The van der Waals surface area contributed by atoms with E-state index in [1.807, 2.05) is 23.2 Å². The predicted octanol–water partition coefficient (Wildman–Crippen LogP) is 1.93. The maximum absolute atomic E-state index is 4.80. The van der Waals surface area contributed by atoms with Crippen molar-refractivity contribution in [2.45, 2.75) is 33.7 Å². The van der Waals surface area contributed by atoms with Crippen molar-refractivity contribution in [3.8, 4) is 0 Å². The normalized spacial score (nSPS) is 15.9. The molecule has 0 N–H and O–H groups in total. The first-order chi connectivity index (χ1) is 12.7. The molecule has 1 aliphatic heterocycles. The average Bonchev–Trinajstić information content (AvgIpc) is 3.29. The fraction of sp³-hybridized carbons (Fsp3) is 0.526. The zero-order chi connectivity index (χ0) is 18.1. The van der Waals surface area contributed by atoms with Gasteiger partial charge in [-0.05, 0) is 20.3 Å². The van der Waals surface area contributed by atoms with Gasteiger partial charge in [-0.25, -0.2) is 9.97 Å². The minimum Gasteiger partial charge on any atom is -0.354 e. The molecule has 3 aromatic rings. The predicted molar refractivity (Wildman–Crippen MR) is 103 cm³/mol. The van der Waals surface area contributed by atoms with Crippen LogP contribution in [0.1, 0.15) is 23.9 Å². The molecule has 0 radical (unpaired) electrons. The van der Waals surface area contributed by atoms with Crippen molar-refractivity contribution in [2.24, 2.45) is 0 Å². The van der Waals surface area contributed by atoms with Crippen molar-refractivity contribution >= 4 is 11.5 Å². The Bertz CT molecular complexity index is 873. The van der Waals surface area contributed by atoms with Crippen LogP contribution in [0, 0.1) is 13.8 Å². The lowest BCUT2D eigenvalue weighted by Gasteiger charge is -2.36. The third-order valence-corrected chi connectivity index (χ3v) is 5.38. The molecule has 7 nitrogen and oxygen atoms in total. The highest BCUT2D eigenvalue weighted by Crippen LogP contribution is 2.23. The van der Waals surface area contributed by atoms with Crippen molar-refractivity contribution in [1.29, 1.82) is 0 Å². The van der Waals surface area contributed by atoms with Crippen LogP contribution in [0.2, 0.25) is 0 Å². The summed E-state index contributed by atoms with van der Waals surface area (Å²) >= 11 is 0. The lowest BCUT2D eigenvalue weighted by Crippen LogP contribution is -2.47. The Balaban J connectivity index is 1.49. The van der Waals surface area contributed by atoms with Crippen LogP contribution >= 0.6 is 0 Å². The molecular formula is C19H27N7. The van der Waals surface area contributed by atoms with Gasteiger partial charge in [-0.1, -0.05) is 6.92 Å². The van der Waals surface area contributed by atoms with E-state index in [0.717, 1.165) is 62.7 Å². The number of aryl methyl sites for hydroxylation is 3. The van der Waals surface area contributed by atoms with E-state index >= 15 is 0 Å². The quantitative estimate of drug-likeness (QED) is 0.701. The molecule has 0 amide bonds. The Hall–Kier alpha value is -2.41. The number of fused-ring (bicyclic) bond motifs is 1. The Morgan fingerprint density at radius 1 is 1.08 bits per heavy atom. The summed E-state index contributed by atoms with van der Waals surface area (Å²) in [5.41, 5.74) is 4.38. The van der Waals surface area contributed by atoms with E-state index < -0.39 is 0 Å². The number of rotatable bonds is 5. The highest BCUT2D eigenvalue weighted by molar-refractivity contribution is 5.57. The number of piperazine rings is 1. The number of hydrogen-bond donors (Lipinski definition) is 0. The Morgan fingerprint density at radius 2 is 1.88 bits per heavy atom. The van der Waals surface area contributed by atoms with Crippen LogP contribution in [0.25, 0.3) is 5.65 Å². The van der Waals surface area contributed by atoms with Gasteiger partial charge >= 0.3 is 0 Å². The highest BCUT2D eigenvalue weighted by atomic mass is 15.4. The topological polar surface area (TPSA) is 54.5 Å². The molecule has 7 heteroatoms. The molecular weight excluding hydrogens is 326 g/mol. The van der Waals surface area contributed by atoms with E-state index in [1.165, 1.54) is 11.4 Å². The van der Waals surface area contributed by atoms with Gasteiger partial charge in [0.25, 0.3) is 0 Å². The first-order valence-corrected chi connectivity index (χ1v) is 9.44. The second-order valence-corrected chi connectivity index (χ2v) is 7.03. The maximum Gasteiger partial charge on any atom is 0.160 e. The molecule has 0 saturated carbocycles. The van der Waals surface area contributed by atoms with Gasteiger partial charge in [-0.3, -0.25) is 4.90 Å². The van der Waals surface area contributed by atoms with Crippen LogP contribution < -0.4 is 4.90 Å². The molecule has 0 aliphatic carbocycles. The van der Waals surface area contributed by atoms with Gasteiger partial charge in [0, 0.05) is 69.0 Å². The van der Waals surface area contributed by atoms with Crippen LogP contribution in [-0.2, 0) is 13.0 Å². The monoisotopic (exact) mass is 353 g/mol. The smallest absolute Gasteiger partial charge is 0.160 e.